The van der Waals surface area contributed by atoms with Crippen molar-refractivity contribution in [2.24, 2.45) is 0 Å². The number of sulfonamides is 1. The number of aromatic nitrogens is 1. The van der Waals surface area contributed by atoms with Gasteiger partial charge in [0, 0.05) is 6.20 Å². The molecule has 1 aromatic heterocycles. The standard InChI is InChI=1S/C18H23N3O4S/c1-14-6-8-16(9-7-14)21(26(3,23)24)13-18(22)20-11-15(2)25-17-5-4-10-19-12-17/h4-10,12,15H,11,13H2,1-3H3,(H,20,22)/t15-/m0/s1. The maximum Gasteiger partial charge on any atom is 0.240 e. The summed E-state index contributed by atoms with van der Waals surface area (Å²) in [7, 11) is -3.58. The largest absolute Gasteiger partial charge is 0.487 e. The summed E-state index contributed by atoms with van der Waals surface area (Å²) in [5.41, 5.74) is 1.46. The first-order chi connectivity index (χ1) is 12.3. The summed E-state index contributed by atoms with van der Waals surface area (Å²) in [4.78, 5) is 16.2. The Bertz CT molecular complexity index is 823. The molecule has 26 heavy (non-hydrogen) atoms. The van der Waals surface area contributed by atoms with Crippen LogP contribution in [0.25, 0.3) is 0 Å². The number of aryl methyl sites for hydroxylation is 1. The maximum absolute atomic E-state index is 12.2. The molecule has 1 atom stereocenters. The van der Waals surface area contributed by atoms with E-state index in [1.54, 1.807) is 48.8 Å². The molecule has 0 aliphatic heterocycles. The van der Waals surface area contributed by atoms with Gasteiger partial charge in [0.25, 0.3) is 0 Å². The summed E-state index contributed by atoms with van der Waals surface area (Å²) < 4.78 is 30.8. The fraction of sp³-hybridized carbons (Fsp3) is 0.333. The number of hydrogen-bond donors (Lipinski definition) is 1. The molecule has 0 spiro atoms. The minimum Gasteiger partial charge on any atom is -0.487 e. The molecule has 2 aromatic rings. The van der Waals surface area contributed by atoms with Crippen LogP contribution in [0.5, 0.6) is 5.75 Å². The molecule has 140 valence electrons. The van der Waals surface area contributed by atoms with E-state index in [4.69, 9.17) is 4.74 Å². The fourth-order valence-electron chi connectivity index (χ4n) is 2.25. The number of ether oxygens (including phenoxy) is 1. The Labute approximate surface area is 154 Å². The van der Waals surface area contributed by atoms with Crippen LogP contribution >= 0.6 is 0 Å². The van der Waals surface area contributed by atoms with Gasteiger partial charge in [0.1, 0.15) is 18.4 Å². The third-order valence-electron chi connectivity index (χ3n) is 3.57. The highest BCUT2D eigenvalue weighted by molar-refractivity contribution is 7.92. The van der Waals surface area contributed by atoms with Crippen LogP contribution in [0, 0.1) is 6.92 Å². The Morgan fingerprint density at radius 1 is 1.27 bits per heavy atom. The van der Waals surface area contributed by atoms with Gasteiger partial charge in [-0.05, 0) is 38.1 Å². The predicted molar refractivity (Wildman–Crippen MR) is 101 cm³/mol. The van der Waals surface area contributed by atoms with Crippen molar-refractivity contribution < 1.29 is 17.9 Å². The highest BCUT2D eigenvalue weighted by atomic mass is 32.2. The number of amides is 1. The van der Waals surface area contributed by atoms with Gasteiger partial charge in [-0.2, -0.15) is 0 Å². The molecule has 1 N–H and O–H groups in total. The number of anilines is 1. The second-order valence-corrected chi connectivity index (χ2v) is 7.93. The molecule has 7 nitrogen and oxygen atoms in total. The lowest BCUT2D eigenvalue weighted by atomic mass is 10.2. The van der Waals surface area contributed by atoms with E-state index in [0.717, 1.165) is 16.1 Å². The number of nitrogens with one attached hydrogen (secondary N) is 1. The Morgan fingerprint density at radius 2 is 1.96 bits per heavy atom. The monoisotopic (exact) mass is 377 g/mol. The molecular formula is C18H23N3O4S. The van der Waals surface area contributed by atoms with Gasteiger partial charge in [-0.3, -0.25) is 14.1 Å². The van der Waals surface area contributed by atoms with Gasteiger partial charge in [0.2, 0.25) is 15.9 Å². The molecular weight excluding hydrogens is 354 g/mol. The van der Waals surface area contributed by atoms with E-state index in [-0.39, 0.29) is 19.2 Å². The van der Waals surface area contributed by atoms with E-state index in [1.807, 2.05) is 13.8 Å². The molecule has 8 heteroatoms. The van der Waals surface area contributed by atoms with Gasteiger partial charge in [0.15, 0.2) is 0 Å². The van der Waals surface area contributed by atoms with E-state index in [1.165, 1.54) is 0 Å². The van der Waals surface area contributed by atoms with Crippen molar-refractivity contribution in [3.05, 3.63) is 54.4 Å². The summed E-state index contributed by atoms with van der Waals surface area (Å²) >= 11 is 0. The summed E-state index contributed by atoms with van der Waals surface area (Å²) in [5, 5.41) is 2.70. The van der Waals surface area contributed by atoms with Crippen LogP contribution in [0.3, 0.4) is 0 Å². The molecule has 2 rings (SSSR count). The molecule has 1 heterocycles. The van der Waals surface area contributed by atoms with E-state index < -0.39 is 15.9 Å². The average molecular weight is 377 g/mol. The van der Waals surface area contributed by atoms with Crippen molar-refractivity contribution in [3.63, 3.8) is 0 Å². The third kappa shape index (κ3) is 6.03. The zero-order chi connectivity index (χ0) is 19.2. The van der Waals surface area contributed by atoms with Crippen molar-refractivity contribution in [2.75, 3.05) is 23.7 Å². The molecule has 0 radical (unpaired) electrons. The van der Waals surface area contributed by atoms with Crippen molar-refractivity contribution in [1.29, 1.82) is 0 Å². The van der Waals surface area contributed by atoms with Crippen LogP contribution in [0.1, 0.15) is 12.5 Å². The van der Waals surface area contributed by atoms with E-state index in [9.17, 15) is 13.2 Å². The van der Waals surface area contributed by atoms with Crippen LogP contribution in [-0.4, -0.2) is 44.8 Å². The van der Waals surface area contributed by atoms with Crippen LogP contribution in [0.2, 0.25) is 0 Å². The molecule has 0 fully saturated rings. The SMILES string of the molecule is Cc1ccc(N(CC(=O)NC[C@H](C)Oc2cccnc2)S(C)(=O)=O)cc1. The highest BCUT2D eigenvalue weighted by Crippen LogP contribution is 2.17. The number of carbonyl (C=O) groups is 1. The number of pyridine rings is 1. The third-order valence-corrected chi connectivity index (χ3v) is 4.71. The second-order valence-electron chi connectivity index (χ2n) is 6.03. The highest BCUT2D eigenvalue weighted by Gasteiger charge is 2.21. The molecule has 0 saturated carbocycles. The number of carbonyl (C=O) groups excluding carboxylic acids is 1. The minimum absolute atomic E-state index is 0.249. The summed E-state index contributed by atoms with van der Waals surface area (Å²) in [5.74, 6) is 0.198. The van der Waals surface area contributed by atoms with E-state index in [2.05, 4.69) is 10.3 Å². The van der Waals surface area contributed by atoms with Crippen LogP contribution in [0.4, 0.5) is 5.69 Å². The normalized spacial score (nSPS) is 12.3. The number of nitrogens with zero attached hydrogens (tertiary/aromatic N) is 2. The minimum atomic E-state index is -3.58. The lowest BCUT2D eigenvalue weighted by molar-refractivity contribution is -0.119. The lowest BCUT2D eigenvalue weighted by Gasteiger charge is -2.22. The summed E-state index contributed by atoms with van der Waals surface area (Å²) in [6.07, 6.45) is 4.02. The van der Waals surface area contributed by atoms with E-state index >= 15 is 0 Å². The van der Waals surface area contributed by atoms with Gasteiger partial charge >= 0.3 is 0 Å². The molecule has 0 aliphatic rings. The lowest BCUT2D eigenvalue weighted by Crippen LogP contribution is -2.42. The topological polar surface area (TPSA) is 88.6 Å². The van der Waals surface area contributed by atoms with Gasteiger partial charge in [0.05, 0.1) is 24.7 Å². The van der Waals surface area contributed by atoms with Gasteiger partial charge in [-0.15, -0.1) is 0 Å². The first-order valence-electron chi connectivity index (χ1n) is 8.13. The Morgan fingerprint density at radius 3 is 2.54 bits per heavy atom. The molecule has 0 aliphatic carbocycles. The number of hydrogen-bond acceptors (Lipinski definition) is 5. The summed E-state index contributed by atoms with van der Waals surface area (Å²) in [6.45, 7) is 3.67. The molecule has 1 amide bonds. The average Bonchev–Trinajstić information content (AvgIpc) is 2.59. The predicted octanol–water partition coefficient (Wildman–Crippen LogP) is 1.74. The first kappa shape index (κ1) is 19.7. The fourth-order valence-corrected chi connectivity index (χ4v) is 3.10. The van der Waals surface area contributed by atoms with Crippen molar-refractivity contribution in [3.8, 4) is 5.75 Å². The molecule has 0 saturated heterocycles. The zero-order valence-corrected chi connectivity index (χ0v) is 15.9. The smallest absolute Gasteiger partial charge is 0.240 e. The van der Waals surface area contributed by atoms with Crippen LogP contribution < -0.4 is 14.4 Å². The second kappa shape index (κ2) is 8.66. The molecule has 0 bridgehead atoms. The summed E-state index contributed by atoms with van der Waals surface area (Å²) in [6, 6.07) is 10.5. The van der Waals surface area contributed by atoms with Gasteiger partial charge in [-0.25, -0.2) is 8.42 Å². The van der Waals surface area contributed by atoms with Gasteiger partial charge < -0.3 is 10.1 Å². The number of benzene rings is 1. The number of rotatable bonds is 8. The first-order valence-corrected chi connectivity index (χ1v) is 9.98. The molecule has 1 aromatic carbocycles. The van der Waals surface area contributed by atoms with Crippen molar-refractivity contribution >= 4 is 21.6 Å². The van der Waals surface area contributed by atoms with Crippen molar-refractivity contribution in [2.45, 2.75) is 20.0 Å². The molecule has 0 unspecified atom stereocenters. The van der Waals surface area contributed by atoms with Gasteiger partial charge in [-0.1, -0.05) is 17.7 Å². The Kier molecular flexibility index (Phi) is 6.57. The Balaban J connectivity index is 1.94. The van der Waals surface area contributed by atoms with E-state index in [0.29, 0.717) is 11.4 Å². The van der Waals surface area contributed by atoms with Crippen LogP contribution in [0.15, 0.2) is 48.8 Å². The quantitative estimate of drug-likeness (QED) is 0.757. The van der Waals surface area contributed by atoms with Crippen molar-refractivity contribution in [1.82, 2.24) is 10.3 Å². The maximum atomic E-state index is 12.2. The zero-order valence-electron chi connectivity index (χ0n) is 15.0. The Hall–Kier alpha value is -2.61. The van der Waals surface area contributed by atoms with Crippen LogP contribution in [-0.2, 0) is 14.8 Å².